The first-order valence-electron chi connectivity index (χ1n) is 8.15. The number of carbonyl (C=O) groups excluding carboxylic acids is 4. The summed E-state index contributed by atoms with van der Waals surface area (Å²) < 4.78 is 5.90. The maximum Gasteiger partial charge on any atom is 0.310 e. The van der Waals surface area contributed by atoms with Crippen LogP contribution in [0.25, 0.3) is 0 Å². The van der Waals surface area contributed by atoms with E-state index in [0.717, 1.165) is 10.8 Å². The summed E-state index contributed by atoms with van der Waals surface area (Å²) in [5.74, 6) is -4.90. The summed E-state index contributed by atoms with van der Waals surface area (Å²) in [6, 6.07) is 3.87. The third-order valence-corrected chi connectivity index (χ3v) is 4.34. The lowest BCUT2D eigenvalue weighted by Gasteiger charge is -2.14. The first-order chi connectivity index (χ1) is 12.8. The molecule has 9 nitrogen and oxygen atoms in total. The molecule has 1 aromatic carbocycles. The minimum Gasteiger partial charge on any atom is -0.543 e. The fourth-order valence-corrected chi connectivity index (χ4v) is 3.21. The predicted molar refractivity (Wildman–Crippen MR) is 84.7 cm³/mol. The molecule has 0 saturated carbocycles. The van der Waals surface area contributed by atoms with Crippen LogP contribution in [0, 0.1) is 0 Å². The number of fused-ring (bicyclic) bond motifs is 1. The van der Waals surface area contributed by atoms with E-state index in [1.165, 1.54) is 0 Å². The summed E-state index contributed by atoms with van der Waals surface area (Å²) in [5.41, 5.74) is 0.921. The van der Waals surface area contributed by atoms with Gasteiger partial charge in [-0.05, 0) is 18.1 Å². The topological polar surface area (TPSA) is 141 Å². The molecule has 0 spiro atoms. The number of hydrogen-bond acceptors (Lipinski definition) is 8. The fraction of sp³-hybridized carbons (Fsp3) is 0.278. The highest BCUT2D eigenvalue weighted by molar-refractivity contribution is 6.04. The Labute approximate surface area is 153 Å². The molecule has 2 aromatic rings. The van der Waals surface area contributed by atoms with E-state index >= 15 is 0 Å². The largest absolute Gasteiger partial charge is 0.543 e. The van der Waals surface area contributed by atoms with Crippen molar-refractivity contribution in [1.82, 2.24) is 9.55 Å². The number of imidazole rings is 1. The van der Waals surface area contributed by atoms with E-state index in [2.05, 4.69) is 4.98 Å². The van der Waals surface area contributed by atoms with Gasteiger partial charge in [-0.3, -0.25) is 9.59 Å². The van der Waals surface area contributed by atoms with Gasteiger partial charge in [0.2, 0.25) is 0 Å². The molecule has 0 aliphatic heterocycles. The molecule has 0 fully saturated rings. The van der Waals surface area contributed by atoms with Crippen LogP contribution in [-0.4, -0.2) is 39.8 Å². The second-order valence-corrected chi connectivity index (χ2v) is 5.94. The van der Waals surface area contributed by atoms with Gasteiger partial charge in [0.1, 0.15) is 17.7 Å². The van der Waals surface area contributed by atoms with E-state index in [9.17, 15) is 29.4 Å². The summed E-state index contributed by atoms with van der Waals surface area (Å²) in [6.07, 6.45) is 1.01. The minimum atomic E-state index is -1.71. The van der Waals surface area contributed by atoms with Gasteiger partial charge in [0.25, 0.3) is 0 Å². The average Bonchev–Trinajstić information content (AvgIpc) is 3.18. The Morgan fingerprint density at radius 3 is 2.63 bits per heavy atom. The number of Topliss-reactive ketones (excluding diaryl/α,β-unsaturated/α-hetero) is 1. The number of rotatable bonds is 6. The Kier molecular flexibility index (Phi) is 4.76. The van der Waals surface area contributed by atoms with Gasteiger partial charge in [-0.2, -0.15) is 0 Å². The van der Waals surface area contributed by atoms with Crippen LogP contribution in [0.1, 0.15) is 55.6 Å². The number of nitrogens with zero attached hydrogens (tertiary/aromatic N) is 2. The highest BCUT2D eigenvalue weighted by Gasteiger charge is 2.35. The third kappa shape index (κ3) is 3.31. The summed E-state index contributed by atoms with van der Waals surface area (Å²) >= 11 is 0. The summed E-state index contributed by atoms with van der Waals surface area (Å²) in [7, 11) is 0. The standard InChI is InChI=1S/C18H16N2O7/c1-2-27-14(21)6-9-4-3-5-10-11(9)7-13(15(10)22)20-8-12(17(23)24)19-16(20)18(25)26/h3-5,8,13H,2,6-7H2,1H3,(H,23,24)(H,25,26)/p-2. The van der Waals surface area contributed by atoms with Gasteiger partial charge in [0.15, 0.2) is 11.6 Å². The number of benzene rings is 1. The van der Waals surface area contributed by atoms with Gasteiger partial charge >= 0.3 is 5.97 Å². The van der Waals surface area contributed by atoms with E-state index in [0.29, 0.717) is 16.7 Å². The highest BCUT2D eigenvalue weighted by Crippen LogP contribution is 2.33. The molecule has 27 heavy (non-hydrogen) atoms. The van der Waals surface area contributed by atoms with Crippen molar-refractivity contribution in [3.63, 3.8) is 0 Å². The van der Waals surface area contributed by atoms with Crippen molar-refractivity contribution < 1.29 is 34.1 Å². The zero-order valence-corrected chi connectivity index (χ0v) is 14.3. The Bertz CT molecular complexity index is 961. The zero-order chi connectivity index (χ0) is 19.7. The lowest BCUT2D eigenvalue weighted by atomic mass is 10.0. The number of carboxylic acid groups (broad SMARTS) is 2. The zero-order valence-electron chi connectivity index (χ0n) is 14.3. The van der Waals surface area contributed by atoms with Crippen LogP contribution >= 0.6 is 0 Å². The number of ether oxygens (including phenoxy) is 1. The van der Waals surface area contributed by atoms with E-state index < -0.39 is 41.3 Å². The van der Waals surface area contributed by atoms with Crippen molar-refractivity contribution in [1.29, 1.82) is 0 Å². The molecule has 1 aromatic heterocycles. The van der Waals surface area contributed by atoms with Crippen LogP contribution in [0.15, 0.2) is 24.4 Å². The monoisotopic (exact) mass is 370 g/mol. The normalized spacial score (nSPS) is 15.4. The van der Waals surface area contributed by atoms with Gasteiger partial charge < -0.3 is 29.1 Å². The van der Waals surface area contributed by atoms with Crippen LogP contribution in [0.5, 0.6) is 0 Å². The molecule has 1 heterocycles. The van der Waals surface area contributed by atoms with E-state index in [-0.39, 0.29) is 19.4 Å². The second kappa shape index (κ2) is 7.02. The summed E-state index contributed by atoms with van der Waals surface area (Å²) in [5, 5.41) is 22.3. The van der Waals surface area contributed by atoms with Crippen molar-refractivity contribution in [3.05, 3.63) is 52.6 Å². The van der Waals surface area contributed by atoms with Crippen LogP contribution < -0.4 is 10.2 Å². The van der Waals surface area contributed by atoms with Crippen LogP contribution in [0.4, 0.5) is 0 Å². The predicted octanol–water partition coefficient (Wildman–Crippen LogP) is -1.30. The van der Waals surface area contributed by atoms with E-state index in [4.69, 9.17) is 4.74 Å². The molecule has 0 N–H and O–H groups in total. The first kappa shape index (κ1) is 18.3. The molecule has 1 aliphatic carbocycles. The number of carbonyl (C=O) groups is 4. The average molecular weight is 370 g/mol. The molecule has 1 unspecified atom stereocenters. The molecule has 0 saturated heterocycles. The summed E-state index contributed by atoms with van der Waals surface area (Å²) in [6.45, 7) is 1.91. The third-order valence-electron chi connectivity index (χ3n) is 4.34. The summed E-state index contributed by atoms with van der Waals surface area (Å²) in [4.78, 5) is 50.3. The molecule has 1 atom stereocenters. The van der Waals surface area contributed by atoms with Gasteiger partial charge in [-0.1, -0.05) is 18.2 Å². The number of aromatic nitrogens is 2. The number of carboxylic acids is 2. The van der Waals surface area contributed by atoms with Crippen LogP contribution in [0.2, 0.25) is 0 Å². The van der Waals surface area contributed by atoms with Crippen LogP contribution in [0.3, 0.4) is 0 Å². The van der Waals surface area contributed by atoms with Gasteiger partial charge in [-0.15, -0.1) is 0 Å². The van der Waals surface area contributed by atoms with E-state index in [1.807, 2.05) is 0 Å². The molecule has 3 rings (SSSR count). The first-order valence-corrected chi connectivity index (χ1v) is 8.15. The second-order valence-electron chi connectivity index (χ2n) is 5.94. The van der Waals surface area contributed by atoms with Crippen LogP contribution in [-0.2, 0) is 22.4 Å². The lowest BCUT2D eigenvalue weighted by molar-refractivity contribution is -0.256. The molecule has 9 heteroatoms. The number of hydrogen-bond donors (Lipinski definition) is 0. The SMILES string of the molecule is CCOC(=O)Cc1cccc2c1CC(n1cc(C(=O)[O-])nc1C(=O)[O-])C2=O. The highest BCUT2D eigenvalue weighted by atomic mass is 16.5. The molecular formula is C18H14N2O7-2. The van der Waals surface area contributed by atoms with Crippen molar-refractivity contribution in [2.75, 3.05) is 6.61 Å². The number of esters is 1. The Morgan fingerprint density at radius 2 is 2.00 bits per heavy atom. The van der Waals surface area contributed by atoms with Gasteiger partial charge in [0, 0.05) is 18.2 Å². The maximum absolute atomic E-state index is 12.8. The minimum absolute atomic E-state index is 0.0292. The van der Waals surface area contributed by atoms with Crippen molar-refractivity contribution in [2.24, 2.45) is 0 Å². The van der Waals surface area contributed by atoms with E-state index in [1.54, 1.807) is 25.1 Å². The Hall–Kier alpha value is -3.49. The number of ketones is 1. The quantitative estimate of drug-likeness (QED) is 0.571. The lowest BCUT2D eigenvalue weighted by Crippen LogP contribution is -2.29. The van der Waals surface area contributed by atoms with Crippen molar-refractivity contribution in [2.45, 2.75) is 25.8 Å². The van der Waals surface area contributed by atoms with Crippen molar-refractivity contribution >= 4 is 23.7 Å². The Balaban J connectivity index is 1.99. The fourth-order valence-electron chi connectivity index (χ4n) is 3.21. The molecule has 0 amide bonds. The Morgan fingerprint density at radius 1 is 1.26 bits per heavy atom. The molecule has 0 radical (unpaired) electrons. The molecular weight excluding hydrogens is 356 g/mol. The molecule has 0 bridgehead atoms. The smallest absolute Gasteiger partial charge is 0.310 e. The molecule has 1 aliphatic rings. The molecule has 140 valence electrons. The van der Waals surface area contributed by atoms with Crippen molar-refractivity contribution in [3.8, 4) is 0 Å². The number of aromatic carboxylic acids is 2. The maximum atomic E-state index is 12.8. The van der Waals surface area contributed by atoms with Gasteiger partial charge in [-0.25, -0.2) is 4.98 Å². The van der Waals surface area contributed by atoms with Gasteiger partial charge in [0.05, 0.1) is 19.0 Å².